The molecule has 2 aliphatic heterocycles. The summed E-state index contributed by atoms with van der Waals surface area (Å²) in [4.78, 5) is 24.5. The maximum absolute atomic E-state index is 13.1. The van der Waals surface area contributed by atoms with Crippen LogP contribution in [0.5, 0.6) is 11.5 Å². The summed E-state index contributed by atoms with van der Waals surface area (Å²) in [7, 11) is -3.71. The van der Waals surface area contributed by atoms with Gasteiger partial charge in [0.05, 0.1) is 24.0 Å². The fourth-order valence-corrected chi connectivity index (χ4v) is 5.86. The summed E-state index contributed by atoms with van der Waals surface area (Å²) in [5, 5.41) is 2.88. The summed E-state index contributed by atoms with van der Waals surface area (Å²) in [5.74, 6) is -0.166. The molecule has 3 aliphatic rings. The van der Waals surface area contributed by atoms with Gasteiger partial charge in [0.2, 0.25) is 10.0 Å². The molecule has 0 bridgehead atoms. The molecule has 1 aromatic rings. The third-order valence-corrected chi connectivity index (χ3v) is 8.10. The Morgan fingerprint density at radius 1 is 1.00 bits per heavy atom. The number of carbonyl (C=O) groups excluding carboxylic acids is 2. The van der Waals surface area contributed by atoms with Crippen LogP contribution in [0.1, 0.15) is 44.9 Å². The Balaban J connectivity index is 1.28. The minimum absolute atomic E-state index is 0.145. The van der Waals surface area contributed by atoms with Crippen molar-refractivity contribution < 1.29 is 32.2 Å². The number of sulfonamides is 1. The third-order valence-electron chi connectivity index (χ3n) is 6.21. The van der Waals surface area contributed by atoms with Gasteiger partial charge in [0, 0.05) is 31.6 Å². The summed E-state index contributed by atoms with van der Waals surface area (Å²) in [6, 6.07) is 4.82. The lowest BCUT2D eigenvalue weighted by Gasteiger charge is -2.30. The molecule has 0 unspecified atom stereocenters. The number of ether oxygens (including phenoxy) is 3. The van der Waals surface area contributed by atoms with E-state index in [0.29, 0.717) is 37.6 Å². The average Bonchev–Trinajstić information content (AvgIpc) is 3.19. The molecule has 2 heterocycles. The lowest BCUT2D eigenvalue weighted by atomic mass is 9.98. The maximum Gasteiger partial charge on any atom is 0.309 e. The van der Waals surface area contributed by atoms with Gasteiger partial charge < -0.3 is 19.5 Å². The topological polar surface area (TPSA) is 111 Å². The molecule has 1 saturated heterocycles. The first-order chi connectivity index (χ1) is 15.4. The Kier molecular flexibility index (Phi) is 7.20. The van der Waals surface area contributed by atoms with Gasteiger partial charge in [-0.25, -0.2) is 8.42 Å². The summed E-state index contributed by atoms with van der Waals surface area (Å²) in [6.07, 6.45) is 5.60. The second-order valence-corrected chi connectivity index (χ2v) is 10.4. The molecule has 2 fully saturated rings. The molecule has 9 nitrogen and oxygen atoms in total. The molecule has 1 saturated carbocycles. The molecular weight excluding hydrogens is 436 g/mol. The molecule has 0 atom stereocenters. The van der Waals surface area contributed by atoms with E-state index in [1.807, 2.05) is 0 Å². The highest BCUT2D eigenvalue weighted by molar-refractivity contribution is 7.89. The normalized spacial score (nSPS) is 20.5. The highest BCUT2D eigenvalue weighted by Crippen LogP contribution is 2.34. The smallest absolute Gasteiger partial charge is 0.309 e. The molecule has 32 heavy (non-hydrogen) atoms. The van der Waals surface area contributed by atoms with Crippen molar-refractivity contribution in [3.8, 4) is 11.5 Å². The molecule has 1 aliphatic carbocycles. The van der Waals surface area contributed by atoms with Crippen molar-refractivity contribution in [3.05, 3.63) is 18.2 Å². The van der Waals surface area contributed by atoms with Gasteiger partial charge in [-0.05, 0) is 37.8 Å². The van der Waals surface area contributed by atoms with Crippen molar-refractivity contribution in [2.75, 3.05) is 32.9 Å². The van der Waals surface area contributed by atoms with Crippen LogP contribution < -0.4 is 14.8 Å². The van der Waals surface area contributed by atoms with Gasteiger partial charge in [-0.2, -0.15) is 4.31 Å². The number of hydrogen-bond acceptors (Lipinski definition) is 7. The molecule has 0 radical (unpaired) electrons. The van der Waals surface area contributed by atoms with Gasteiger partial charge in [-0.15, -0.1) is 0 Å². The van der Waals surface area contributed by atoms with E-state index in [9.17, 15) is 18.0 Å². The monoisotopic (exact) mass is 466 g/mol. The first-order valence-electron chi connectivity index (χ1n) is 11.3. The Bertz CT molecular complexity index is 936. The van der Waals surface area contributed by atoms with Crippen LogP contribution in [0.25, 0.3) is 0 Å². The average molecular weight is 467 g/mol. The van der Waals surface area contributed by atoms with Crippen molar-refractivity contribution in [2.45, 2.75) is 55.9 Å². The lowest BCUT2D eigenvalue weighted by Crippen LogP contribution is -2.41. The van der Waals surface area contributed by atoms with E-state index in [-0.39, 0.29) is 36.5 Å². The minimum atomic E-state index is -3.71. The van der Waals surface area contributed by atoms with E-state index in [4.69, 9.17) is 14.2 Å². The number of rotatable bonds is 6. The Hall–Kier alpha value is -2.33. The van der Waals surface area contributed by atoms with Gasteiger partial charge in [-0.1, -0.05) is 12.8 Å². The number of nitrogens with zero attached hydrogens (tertiary/aromatic N) is 1. The molecule has 10 heteroatoms. The van der Waals surface area contributed by atoms with E-state index in [1.165, 1.54) is 16.4 Å². The van der Waals surface area contributed by atoms with Gasteiger partial charge in [0.25, 0.3) is 5.91 Å². The quantitative estimate of drug-likeness (QED) is 0.637. The summed E-state index contributed by atoms with van der Waals surface area (Å²) < 4.78 is 43.9. The number of carbonyl (C=O) groups is 2. The molecule has 176 valence electrons. The number of amides is 1. The minimum Gasteiger partial charge on any atom is -0.490 e. The van der Waals surface area contributed by atoms with E-state index < -0.39 is 21.9 Å². The van der Waals surface area contributed by atoms with Gasteiger partial charge >= 0.3 is 5.97 Å². The number of benzene rings is 1. The van der Waals surface area contributed by atoms with Crippen LogP contribution in [-0.4, -0.2) is 63.6 Å². The predicted molar refractivity (Wildman–Crippen MR) is 115 cm³/mol. The lowest BCUT2D eigenvalue weighted by molar-refractivity contribution is -0.153. The number of nitrogens with one attached hydrogen (secondary N) is 1. The highest BCUT2D eigenvalue weighted by atomic mass is 32.2. The Morgan fingerprint density at radius 2 is 1.69 bits per heavy atom. The van der Waals surface area contributed by atoms with Crippen molar-refractivity contribution in [1.82, 2.24) is 9.62 Å². The fraction of sp³-hybridized carbons (Fsp3) is 0.636. The highest BCUT2D eigenvalue weighted by Gasteiger charge is 2.33. The Labute approximate surface area is 188 Å². The zero-order chi connectivity index (χ0) is 22.6. The molecule has 4 rings (SSSR count). The number of piperidine rings is 1. The first-order valence-corrected chi connectivity index (χ1v) is 12.7. The van der Waals surface area contributed by atoms with Crippen molar-refractivity contribution in [1.29, 1.82) is 0 Å². The number of hydrogen-bond donors (Lipinski definition) is 1. The third kappa shape index (κ3) is 5.35. The summed E-state index contributed by atoms with van der Waals surface area (Å²) in [5.41, 5.74) is 0. The number of fused-ring (bicyclic) bond motifs is 1. The van der Waals surface area contributed by atoms with E-state index in [2.05, 4.69) is 5.32 Å². The predicted octanol–water partition coefficient (Wildman–Crippen LogP) is 1.85. The van der Waals surface area contributed by atoms with Crippen molar-refractivity contribution in [2.24, 2.45) is 5.92 Å². The summed E-state index contributed by atoms with van der Waals surface area (Å²) >= 11 is 0. The molecule has 1 amide bonds. The van der Waals surface area contributed by atoms with E-state index in [1.54, 1.807) is 6.07 Å². The molecule has 0 spiro atoms. The summed E-state index contributed by atoms with van der Waals surface area (Å²) in [6.45, 7) is 1.15. The van der Waals surface area contributed by atoms with Crippen LogP contribution in [0.4, 0.5) is 0 Å². The molecule has 0 aromatic heterocycles. The second-order valence-electron chi connectivity index (χ2n) is 8.49. The van der Waals surface area contributed by atoms with Gasteiger partial charge in [0.15, 0.2) is 18.1 Å². The fourth-order valence-electron chi connectivity index (χ4n) is 4.38. The second kappa shape index (κ2) is 10.1. The van der Waals surface area contributed by atoms with Crippen LogP contribution in [0.15, 0.2) is 23.1 Å². The number of esters is 1. The van der Waals surface area contributed by atoms with Gasteiger partial charge in [0.1, 0.15) is 0 Å². The van der Waals surface area contributed by atoms with Crippen LogP contribution >= 0.6 is 0 Å². The maximum atomic E-state index is 13.1. The zero-order valence-corrected chi connectivity index (χ0v) is 18.9. The van der Waals surface area contributed by atoms with Crippen molar-refractivity contribution >= 4 is 21.9 Å². The first kappa shape index (κ1) is 22.8. The van der Waals surface area contributed by atoms with Crippen LogP contribution in [-0.2, 0) is 24.3 Å². The molecule has 1 N–H and O–H groups in total. The van der Waals surface area contributed by atoms with E-state index in [0.717, 1.165) is 32.1 Å². The van der Waals surface area contributed by atoms with Crippen LogP contribution in [0.2, 0.25) is 0 Å². The Morgan fingerprint density at radius 3 is 2.41 bits per heavy atom. The largest absolute Gasteiger partial charge is 0.490 e. The van der Waals surface area contributed by atoms with Crippen molar-refractivity contribution in [3.63, 3.8) is 0 Å². The zero-order valence-electron chi connectivity index (χ0n) is 18.1. The van der Waals surface area contributed by atoms with E-state index >= 15 is 0 Å². The van der Waals surface area contributed by atoms with Crippen LogP contribution in [0.3, 0.4) is 0 Å². The molecular formula is C22H30N2O7S. The standard InChI is InChI=1S/C22H30N2O7S/c25-21(23-17-4-1-2-5-17)15-31-22(26)16-8-10-24(11-9-16)32(27,28)18-6-7-19-20(14-18)30-13-3-12-29-19/h6-7,14,16-17H,1-5,8-13,15H2,(H,23,25). The molecule has 1 aromatic carbocycles. The van der Waals surface area contributed by atoms with Crippen LogP contribution in [0, 0.1) is 5.92 Å². The SMILES string of the molecule is O=C(COC(=O)C1CCN(S(=O)(=O)c2ccc3c(c2)OCCCO3)CC1)NC1CCCC1. The van der Waals surface area contributed by atoms with Gasteiger partial charge in [-0.3, -0.25) is 9.59 Å².